The van der Waals surface area contributed by atoms with Gasteiger partial charge >= 0.3 is 11.9 Å². The van der Waals surface area contributed by atoms with Gasteiger partial charge < -0.3 is 14.7 Å². The van der Waals surface area contributed by atoms with Crippen molar-refractivity contribution in [2.24, 2.45) is 0 Å². The van der Waals surface area contributed by atoms with Gasteiger partial charge in [0.1, 0.15) is 6.04 Å². The summed E-state index contributed by atoms with van der Waals surface area (Å²) in [5, 5.41) is 11.1. The molecule has 6 nitrogen and oxygen atoms in total. The summed E-state index contributed by atoms with van der Waals surface area (Å²) in [5.74, 6) is -0.956. The molecule has 6 heteroatoms. The third kappa shape index (κ3) is 5.83. The van der Waals surface area contributed by atoms with Crippen LogP contribution < -0.4 is 0 Å². The molecule has 1 aliphatic rings. The second-order valence-electron chi connectivity index (χ2n) is 6.48. The van der Waals surface area contributed by atoms with Crippen molar-refractivity contribution >= 4 is 11.9 Å². The molecule has 0 bridgehead atoms. The van der Waals surface area contributed by atoms with E-state index in [1.807, 2.05) is 6.92 Å². The Labute approximate surface area is 148 Å². The number of carbonyl (C=O) groups is 2. The quantitative estimate of drug-likeness (QED) is 0.763. The minimum absolute atomic E-state index is 0.0989. The summed E-state index contributed by atoms with van der Waals surface area (Å²) in [7, 11) is 0. The van der Waals surface area contributed by atoms with Crippen molar-refractivity contribution in [3.05, 3.63) is 35.9 Å². The topological polar surface area (TPSA) is 76.1 Å². The minimum Gasteiger partial charge on any atom is -0.461 e. The first-order valence-corrected chi connectivity index (χ1v) is 8.93. The number of benzene rings is 1. The van der Waals surface area contributed by atoms with E-state index in [1.165, 1.54) is 5.06 Å². The Morgan fingerprint density at radius 2 is 2.00 bits per heavy atom. The molecule has 0 spiro atoms. The molecule has 0 aliphatic carbocycles. The zero-order chi connectivity index (χ0) is 18.2. The molecule has 1 aromatic carbocycles. The first-order chi connectivity index (χ1) is 12.0. The molecule has 138 valence electrons. The van der Waals surface area contributed by atoms with E-state index in [-0.39, 0.29) is 12.6 Å². The lowest BCUT2D eigenvalue weighted by Crippen LogP contribution is -2.51. The third-order valence-electron chi connectivity index (χ3n) is 4.27. The summed E-state index contributed by atoms with van der Waals surface area (Å²) >= 11 is 0. The van der Waals surface area contributed by atoms with Crippen molar-refractivity contribution in [1.82, 2.24) is 5.06 Å². The van der Waals surface area contributed by atoms with Crippen LogP contribution in [0.25, 0.3) is 0 Å². The zero-order valence-corrected chi connectivity index (χ0v) is 14.9. The van der Waals surface area contributed by atoms with E-state index < -0.39 is 24.1 Å². The van der Waals surface area contributed by atoms with Crippen LogP contribution in [0, 0.1) is 0 Å². The SMILES string of the molecule is CCCC[C@@H](C)OC(=O)[C@@H]1CC[C@H](O)CN1OC(=O)c1ccccc1. The molecule has 3 atom stereocenters. The molecule has 25 heavy (non-hydrogen) atoms. The van der Waals surface area contributed by atoms with Gasteiger partial charge in [-0.05, 0) is 38.3 Å². The first-order valence-electron chi connectivity index (χ1n) is 8.93. The number of carbonyl (C=O) groups excluding carboxylic acids is 2. The Bertz CT molecular complexity index is 562. The lowest BCUT2D eigenvalue weighted by atomic mass is 10.0. The van der Waals surface area contributed by atoms with Crippen LogP contribution in [0.3, 0.4) is 0 Å². The molecule has 1 aromatic rings. The number of hydrogen-bond acceptors (Lipinski definition) is 6. The van der Waals surface area contributed by atoms with Gasteiger partial charge in [0.05, 0.1) is 24.3 Å². The number of piperidine rings is 1. The average Bonchev–Trinajstić information content (AvgIpc) is 2.60. The van der Waals surface area contributed by atoms with Crippen LogP contribution in [0.4, 0.5) is 0 Å². The molecule has 2 rings (SSSR count). The Hall–Kier alpha value is -1.92. The van der Waals surface area contributed by atoms with Crippen LogP contribution in [-0.4, -0.2) is 46.9 Å². The Morgan fingerprint density at radius 1 is 1.28 bits per heavy atom. The number of nitrogens with zero attached hydrogens (tertiary/aromatic N) is 1. The Kier molecular flexibility index (Phi) is 7.40. The number of rotatable bonds is 7. The second-order valence-corrected chi connectivity index (χ2v) is 6.48. The summed E-state index contributed by atoms with van der Waals surface area (Å²) in [6.45, 7) is 4.05. The zero-order valence-electron chi connectivity index (χ0n) is 14.9. The average molecular weight is 349 g/mol. The highest BCUT2D eigenvalue weighted by Gasteiger charge is 2.37. The van der Waals surface area contributed by atoms with Gasteiger partial charge in [0.15, 0.2) is 0 Å². The van der Waals surface area contributed by atoms with Crippen LogP contribution in [-0.2, 0) is 14.4 Å². The minimum atomic E-state index is -0.680. The molecule has 0 unspecified atom stereocenters. The molecule has 0 radical (unpaired) electrons. The summed E-state index contributed by atoms with van der Waals surface area (Å²) in [5.41, 5.74) is 0.394. The van der Waals surface area contributed by atoms with Gasteiger partial charge in [-0.3, -0.25) is 4.79 Å². The molecular formula is C19H27NO5. The van der Waals surface area contributed by atoms with Gasteiger partial charge in [0, 0.05) is 0 Å². The van der Waals surface area contributed by atoms with Crippen molar-refractivity contribution in [2.75, 3.05) is 6.54 Å². The van der Waals surface area contributed by atoms with Crippen LogP contribution in [0.15, 0.2) is 30.3 Å². The lowest BCUT2D eigenvalue weighted by Gasteiger charge is -2.35. The number of unbranched alkanes of at least 4 members (excludes halogenated alkanes) is 1. The number of aliphatic hydroxyl groups excluding tert-OH is 1. The van der Waals surface area contributed by atoms with Crippen molar-refractivity contribution in [3.8, 4) is 0 Å². The van der Waals surface area contributed by atoms with Crippen LogP contribution in [0.1, 0.15) is 56.3 Å². The molecule has 0 saturated carbocycles. The fourth-order valence-electron chi connectivity index (χ4n) is 2.82. The fourth-order valence-corrected chi connectivity index (χ4v) is 2.82. The molecule has 0 amide bonds. The number of esters is 1. The smallest absolute Gasteiger partial charge is 0.357 e. The largest absolute Gasteiger partial charge is 0.461 e. The molecule has 1 saturated heterocycles. The van der Waals surface area contributed by atoms with E-state index in [1.54, 1.807) is 30.3 Å². The van der Waals surface area contributed by atoms with Crippen molar-refractivity contribution < 1.29 is 24.3 Å². The summed E-state index contributed by atoms with van der Waals surface area (Å²) in [6.07, 6.45) is 2.89. The Balaban J connectivity index is 1.99. The van der Waals surface area contributed by atoms with Crippen LogP contribution in [0.5, 0.6) is 0 Å². The van der Waals surface area contributed by atoms with E-state index >= 15 is 0 Å². The van der Waals surface area contributed by atoms with E-state index in [0.717, 1.165) is 19.3 Å². The first kappa shape index (κ1) is 19.4. The maximum absolute atomic E-state index is 12.5. The van der Waals surface area contributed by atoms with Crippen molar-refractivity contribution in [3.63, 3.8) is 0 Å². The van der Waals surface area contributed by atoms with E-state index in [9.17, 15) is 14.7 Å². The van der Waals surface area contributed by atoms with E-state index in [4.69, 9.17) is 9.57 Å². The van der Waals surface area contributed by atoms with Gasteiger partial charge in [-0.15, -0.1) is 5.06 Å². The van der Waals surface area contributed by atoms with E-state index in [2.05, 4.69) is 6.92 Å². The van der Waals surface area contributed by atoms with Gasteiger partial charge in [-0.2, -0.15) is 0 Å². The van der Waals surface area contributed by atoms with Gasteiger partial charge in [-0.25, -0.2) is 4.79 Å². The molecule has 1 fully saturated rings. The highest BCUT2D eigenvalue weighted by atomic mass is 16.7. The number of hydrogen-bond donors (Lipinski definition) is 1. The van der Waals surface area contributed by atoms with Gasteiger partial charge in [0.2, 0.25) is 0 Å². The monoisotopic (exact) mass is 349 g/mol. The second kappa shape index (κ2) is 9.53. The standard InChI is InChI=1S/C19H27NO5/c1-3-4-8-14(2)24-19(23)17-12-11-16(21)13-20(17)25-18(22)15-9-6-5-7-10-15/h5-7,9-10,14,16-17,21H,3-4,8,11-13H2,1-2H3/t14-,16+,17+/m1/s1. The van der Waals surface area contributed by atoms with E-state index in [0.29, 0.717) is 18.4 Å². The predicted octanol–water partition coefficient (Wildman–Crippen LogP) is 2.71. The molecule has 1 heterocycles. The molecule has 1 aliphatic heterocycles. The van der Waals surface area contributed by atoms with Crippen molar-refractivity contribution in [2.45, 2.75) is 64.2 Å². The number of ether oxygens (including phenoxy) is 1. The maximum atomic E-state index is 12.5. The number of aliphatic hydroxyl groups is 1. The lowest BCUT2D eigenvalue weighted by molar-refractivity contribution is -0.196. The maximum Gasteiger partial charge on any atom is 0.357 e. The molecule has 1 N–H and O–H groups in total. The molecule has 0 aromatic heterocycles. The highest BCUT2D eigenvalue weighted by molar-refractivity contribution is 5.89. The van der Waals surface area contributed by atoms with Crippen LogP contribution >= 0.6 is 0 Å². The Morgan fingerprint density at radius 3 is 2.68 bits per heavy atom. The van der Waals surface area contributed by atoms with Crippen LogP contribution in [0.2, 0.25) is 0 Å². The summed E-state index contributed by atoms with van der Waals surface area (Å²) in [4.78, 5) is 30.1. The number of hydroxylamine groups is 2. The highest BCUT2D eigenvalue weighted by Crippen LogP contribution is 2.21. The summed E-state index contributed by atoms with van der Waals surface area (Å²) in [6, 6.07) is 7.89. The van der Waals surface area contributed by atoms with Crippen molar-refractivity contribution in [1.29, 1.82) is 0 Å². The van der Waals surface area contributed by atoms with Gasteiger partial charge in [-0.1, -0.05) is 38.0 Å². The molecular weight excluding hydrogens is 322 g/mol. The predicted molar refractivity (Wildman–Crippen MR) is 92.7 cm³/mol. The van der Waals surface area contributed by atoms with Gasteiger partial charge in [0.25, 0.3) is 0 Å². The third-order valence-corrected chi connectivity index (χ3v) is 4.27. The number of β-amino-alcohol motifs (C(OH)–C–C–N with tert-alkyl or cyclic N) is 1. The summed E-state index contributed by atoms with van der Waals surface area (Å²) < 4.78 is 5.49. The normalized spacial score (nSPS) is 22.2. The fraction of sp³-hybridized carbons (Fsp3) is 0.579.